The number of Topliss-reactive ketones (excluding diaryl/α,β-unsaturated/α-hetero) is 1. The molecule has 0 unspecified atom stereocenters. The molecule has 0 bridgehead atoms. The van der Waals surface area contributed by atoms with Gasteiger partial charge in [0.2, 0.25) is 0 Å². The highest BCUT2D eigenvalue weighted by molar-refractivity contribution is 9.10. The fourth-order valence-corrected chi connectivity index (χ4v) is 2.44. The molecule has 0 saturated carbocycles. The maximum atomic E-state index is 13.8. The van der Waals surface area contributed by atoms with Crippen LogP contribution in [0.1, 0.15) is 15.9 Å². The van der Waals surface area contributed by atoms with Gasteiger partial charge in [-0.25, -0.2) is 13.2 Å². The second-order valence-electron chi connectivity index (χ2n) is 4.02. The Labute approximate surface area is 130 Å². The Kier molecular flexibility index (Phi) is 4.65. The summed E-state index contributed by atoms with van der Waals surface area (Å²) in [6, 6.07) is 6.45. The molecule has 0 N–H and O–H groups in total. The summed E-state index contributed by atoms with van der Waals surface area (Å²) >= 11 is 5.88. The number of carbonyl (C=O) groups excluding carboxylic acids is 1. The maximum absolute atomic E-state index is 13.8. The predicted octanol–water partition coefficient (Wildman–Crippen LogP) is 5.05. The van der Waals surface area contributed by atoms with E-state index in [9.17, 15) is 18.0 Å². The van der Waals surface area contributed by atoms with Gasteiger partial charge in [0.1, 0.15) is 17.5 Å². The van der Waals surface area contributed by atoms with Crippen LogP contribution in [0.4, 0.5) is 13.2 Å². The van der Waals surface area contributed by atoms with Crippen LogP contribution in [0.3, 0.4) is 0 Å². The maximum Gasteiger partial charge on any atom is 0.170 e. The number of carbonyl (C=O) groups is 1. The average molecular weight is 408 g/mol. The van der Waals surface area contributed by atoms with Crippen LogP contribution in [0, 0.1) is 17.5 Å². The SMILES string of the molecule is O=C(Cc1c(F)ccc(Br)c1F)c1cccc(Br)c1F. The van der Waals surface area contributed by atoms with E-state index in [0.29, 0.717) is 0 Å². The van der Waals surface area contributed by atoms with Crippen LogP contribution >= 0.6 is 31.9 Å². The van der Waals surface area contributed by atoms with Crippen molar-refractivity contribution in [3.63, 3.8) is 0 Å². The molecular weight excluding hydrogens is 401 g/mol. The highest BCUT2D eigenvalue weighted by Crippen LogP contribution is 2.25. The molecule has 20 heavy (non-hydrogen) atoms. The smallest absolute Gasteiger partial charge is 0.170 e. The average Bonchev–Trinajstić information content (AvgIpc) is 2.42. The van der Waals surface area contributed by atoms with Crippen LogP contribution in [0.25, 0.3) is 0 Å². The number of halogens is 5. The molecule has 0 aromatic heterocycles. The Morgan fingerprint density at radius 2 is 1.60 bits per heavy atom. The van der Waals surface area contributed by atoms with Gasteiger partial charge in [-0.3, -0.25) is 4.79 Å². The molecule has 2 aromatic carbocycles. The zero-order valence-corrected chi connectivity index (χ0v) is 13.1. The highest BCUT2D eigenvalue weighted by atomic mass is 79.9. The van der Waals surface area contributed by atoms with Crippen LogP contribution in [-0.4, -0.2) is 5.78 Å². The van der Waals surface area contributed by atoms with Crippen molar-refractivity contribution in [2.24, 2.45) is 0 Å². The number of rotatable bonds is 3. The van der Waals surface area contributed by atoms with Gasteiger partial charge in [-0.1, -0.05) is 6.07 Å². The van der Waals surface area contributed by atoms with Crippen LogP contribution in [0.2, 0.25) is 0 Å². The summed E-state index contributed by atoms with van der Waals surface area (Å²) < 4.78 is 41.3. The fourth-order valence-electron chi connectivity index (χ4n) is 1.71. The van der Waals surface area contributed by atoms with Crippen molar-refractivity contribution in [2.45, 2.75) is 6.42 Å². The van der Waals surface area contributed by atoms with Crippen molar-refractivity contribution in [3.8, 4) is 0 Å². The quantitative estimate of drug-likeness (QED) is 0.513. The standard InChI is InChI=1S/C14H7Br2F3O/c15-9-3-1-2-7(13(9)18)12(20)6-8-11(17)5-4-10(16)14(8)19/h1-5H,6H2. The van der Waals surface area contributed by atoms with Crippen LogP contribution < -0.4 is 0 Å². The van der Waals surface area contributed by atoms with Gasteiger partial charge >= 0.3 is 0 Å². The Morgan fingerprint density at radius 3 is 2.30 bits per heavy atom. The van der Waals surface area contributed by atoms with E-state index in [-0.39, 0.29) is 20.1 Å². The lowest BCUT2D eigenvalue weighted by Crippen LogP contribution is -2.10. The lowest BCUT2D eigenvalue weighted by atomic mass is 10.0. The summed E-state index contributed by atoms with van der Waals surface area (Å²) in [7, 11) is 0. The van der Waals surface area contributed by atoms with E-state index >= 15 is 0 Å². The second kappa shape index (κ2) is 6.10. The molecule has 0 aliphatic rings. The molecular formula is C14H7Br2F3O. The van der Waals surface area contributed by atoms with E-state index in [0.717, 1.165) is 6.07 Å². The summed E-state index contributed by atoms with van der Waals surface area (Å²) in [5.74, 6) is -3.13. The topological polar surface area (TPSA) is 17.1 Å². The molecule has 0 atom stereocenters. The van der Waals surface area contributed by atoms with Crippen LogP contribution in [0.5, 0.6) is 0 Å². The minimum atomic E-state index is -0.853. The molecule has 0 amide bonds. The van der Waals surface area contributed by atoms with Crippen molar-refractivity contribution in [1.82, 2.24) is 0 Å². The first-order valence-corrected chi connectivity index (χ1v) is 7.10. The summed E-state index contributed by atoms with van der Waals surface area (Å²) in [6.07, 6.45) is -0.551. The summed E-state index contributed by atoms with van der Waals surface area (Å²) in [5, 5.41) is 0. The summed E-state index contributed by atoms with van der Waals surface area (Å²) in [5.41, 5.74) is -0.595. The first kappa shape index (κ1) is 15.3. The zero-order chi connectivity index (χ0) is 14.9. The Morgan fingerprint density at radius 1 is 0.950 bits per heavy atom. The summed E-state index contributed by atoms with van der Waals surface area (Å²) in [6.45, 7) is 0. The largest absolute Gasteiger partial charge is 0.294 e. The lowest BCUT2D eigenvalue weighted by Gasteiger charge is -2.07. The Hall–Kier alpha value is -1.14. The van der Waals surface area contributed by atoms with Gasteiger partial charge in [-0.2, -0.15) is 0 Å². The second-order valence-corrected chi connectivity index (χ2v) is 5.73. The van der Waals surface area contributed by atoms with Crippen molar-refractivity contribution >= 4 is 37.6 Å². The van der Waals surface area contributed by atoms with Crippen LogP contribution in [0.15, 0.2) is 39.3 Å². The third-order valence-corrected chi connectivity index (χ3v) is 3.95. The molecule has 6 heteroatoms. The molecule has 1 nitrogen and oxygen atoms in total. The minimum absolute atomic E-state index is 0.0522. The molecule has 0 aliphatic carbocycles. The van der Waals surface area contributed by atoms with E-state index in [1.54, 1.807) is 0 Å². The lowest BCUT2D eigenvalue weighted by molar-refractivity contribution is 0.0986. The first-order valence-electron chi connectivity index (χ1n) is 5.51. The fraction of sp³-hybridized carbons (Fsp3) is 0.0714. The van der Waals surface area contributed by atoms with Crippen molar-refractivity contribution in [3.05, 3.63) is 67.9 Å². The number of hydrogen-bond donors (Lipinski definition) is 0. The van der Waals surface area contributed by atoms with E-state index in [1.807, 2.05) is 0 Å². The third kappa shape index (κ3) is 2.96. The normalized spacial score (nSPS) is 10.7. The van der Waals surface area contributed by atoms with E-state index in [4.69, 9.17) is 0 Å². The molecule has 104 valence electrons. The molecule has 0 aliphatic heterocycles. The molecule has 0 fully saturated rings. The molecule has 0 radical (unpaired) electrons. The first-order chi connectivity index (χ1) is 9.41. The van der Waals surface area contributed by atoms with E-state index < -0.39 is 29.7 Å². The number of benzene rings is 2. The monoisotopic (exact) mass is 406 g/mol. The van der Waals surface area contributed by atoms with Gasteiger partial charge in [0.05, 0.1) is 14.5 Å². The Balaban J connectivity index is 2.38. The van der Waals surface area contributed by atoms with Gasteiger partial charge in [0.25, 0.3) is 0 Å². The third-order valence-electron chi connectivity index (χ3n) is 2.73. The molecule has 0 spiro atoms. The summed E-state index contributed by atoms with van der Waals surface area (Å²) in [4.78, 5) is 12.0. The Bertz CT molecular complexity index is 686. The minimum Gasteiger partial charge on any atom is -0.294 e. The van der Waals surface area contributed by atoms with Crippen molar-refractivity contribution in [2.75, 3.05) is 0 Å². The van der Waals surface area contributed by atoms with E-state index in [1.165, 1.54) is 24.3 Å². The van der Waals surface area contributed by atoms with Gasteiger partial charge in [-0.05, 0) is 56.1 Å². The predicted molar refractivity (Wildman–Crippen MR) is 76.2 cm³/mol. The molecule has 0 heterocycles. The van der Waals surface area contributed by atoms with Crippen molar-refractivity contribution < 1.29 is 18.0 Å². The van der Waals surface area contributed by atoms with Crippen molar-refractivity contribution in [1.29, 1.82) is 0 Å². The van der Waals surface area contributed by atoms with Gasteiger partial charge < -0.3 is 0 Å². The molecule has 2 aromatic rings. The number of hydrogen-bond acceptors (Lipinski definition) is 1. The van der Waals surface area contributed by atoms with Gasteiger partial charge in [-0.15, -0.1) is 0 Å². The molecule has 0 saturated heterocycles. The van der Waals surface area contributed by atoms with Gasteiger partial charge in [0, 0.05) is 12.0 Å². The molecule has 2 rings (SSSR count). The highest BCUT2D eigenvalue weighted by Gasteiger charge is 2.19. The zero-order valence-electron chi connectivity index (χ0n) is 9.89. The van der Waals surface area contributed by atoms with Crippen LogP contribution in [-0.2, 0) is 6.42 Å². The number of ketones is 1. The van der Waals surface area contributed by atoms with E-state index in [2.05, 4.69) is 31.9 Å². The van der Waals surface area contributed by atoms with Gasteiger partial charge in [0.15, 0.2) is 5.78 Å².